The maximum absolute atomic E-state index is 11.2. The molecule has 0 aromatic heterocycles. The normalized spacial score (nSPS) is 17.9. The number of carbonyl (C=O) groups is 1. The van der Waals surface area contributed by atoms with Crippen LogP contribution in [-0.4, -0.2) is 35.6 Å². The summed E-state index contributed by atoms with van der Waals surface area (Å²) in [4.78, 5) is 13.5. The number of piperidine rings is 1. The van der Waals surface area contributed by atoms with Gasteiger partial charge >= 0.3 is 5.97 Å². The summed E-state index contributed by atoms with van der Waals surface area (Å²) in [5, 5.41) is 9.22. The van der Waals surface area contributed by atoms with Crippen LogP contribution in [0.15, 0.2) is 60.7 Å². The minimum absolute atomic E-state index is 0.167. The second-order valence-electron chi connectivity index (χ2n) is 7.70. The van der Waals surface area contributed by atoms with Gasteiger partial charge in [0.25, 0.3) is 0 Å². The molecule has 0 aliphatic carbocycles. The number of carboxylic acid groups (broad SMARTS) is 1. The predicted molar refractivity (Wildman–Crippen MR) is 110 cm³/mol. The van der Waals surface area contributed by atoms with Gasteiger partial charge in [0, 0.05) is 12.5 Å². The number of unbranched alkanes of at least 4 members (excludes halogenated alkanes) is 2. The summed E-state index contributed by atoms with van der Waals surface area (Å²) in [6, 6.07) is 21.6. The van der Waals surface area contributed by atoms with E-state index in [9.17, 15) is 9.90 Å². The molecule has 1 saturated heterocycles. The van der Waals surface area contributed by atoms with Gasteiger partial charge in [0.15, 0.2) is 0 Å². The lowest BCUT2D eigenvalue weighted by molar-refractivity contribution is -0.143. The number of hydrogen-bond donors (Lipinski definition) is 1. The quantitative estimate of drug-likeness (QED) is 0.623. The Morgan fingerprint density at radius 1 is 0.963 bits per heavy atom. The number of carboxylic acids is 1. The van der Waals surface area contributed by atoms with Gasteiger partial charge in [-0.3, -0.25) is 4.79 Å². The van der Waals surface area contributed by atoms with E-state index in [0.29, 0.717) is 5.92 Å². The lowest BCUT2D eigenvalue weighted by atomic mass is 9.87. The summed E-state index contributed by atoms with van der Waals surface area (Å²) < 4.78 is 0. The number of aliphatic carboxylic acids is 1. The van der Waals surface area contributed by atoms with Gasteiger partial charge in [-0.25, -0.2) is 0 Å². The van der Waals surface area contributed by atoms with Gasteiger partial charge in [0.05, 0.1) is 5.92 Å². The van der Waals surface area contributed by atoms with Crippen molar-refractivity contribution in [3.8, 4) is 0 Å². The van der Waals surface area contributed by atoms with Crippen LogP contribution in [0.5, 0.6) is 0 Å². The van der Waals surface area contributed by atoms with Crippen LogP contribution >= 0.6 is 0 Å². The van der Waals surface area contributed by atoms with Crippen molar-refractivity contribution in [3.63, 3.8) is 0 Å². The van der Waals surface area contributed by atoms with Crippen molar-refractivity contribution >= 4 is 5.97 Å². The van der Waals surface area contributed by atoms with Crippen LogP contribution in [-0.2, 0) is 4.79 Å². The van der Waals surface area contributed by atoms with Gasteiger partial charge < -0.3 is 10.0 Å². The van der Waals surface area contributed by atoms with Crippen molar-refractivity contribution in [1.29, 1.82) is 0 Å². The van der Waals surface area contributed by atoms with Crippen LogP contribution in [0.25, 0.3) is 0 Å². The summed E-state index contributed by atoms with van der Waals surface area (Å²) in [6.45, 7) is 2.82. The Morgan fingerprint density at radius 3 is 2.19 bits per heavy atom. The molecule has 1 heterocycles. The summed E-state index contributed by atoms with van der Waals surface area (Å²) in [5.74, 6) is -0.341. The van der Waals surface area contributed by atoms with E-state index in [4.69, 9.17) is 0 Å². The molecule has 2 aromatic carbocycles. The van der Waals surface area contributed by atoms with E-state index in [1.165, 1.54) is 24.0 Å². The van der Waals surface area contributed by atoms with Crippen molar-refractivity contribution in [2.45, 2.75) is 44.4 Å². The third-order valence-corrected chi connectivity index (χ3v) is 5.73. The Bertz CT molecular complexity index is 647. The van der Waals surface area contributed by atoms with Crippen LogP contribution in [0.2, 0.25) is 0 Å². The maximum Gasteiger partial charge on any atom is 0.307 e. The molecule has 0 spiro atoms. The minimum Gasteiger partial charge on any atom is -0.481 e. The second-order valence-corrected chi connectivity index (χ2v) is 7.70. The summed E-state index contributed by atoms with van der Waals surface area (Å²) in [7, 11) is 0. The Labute approximate surface area is 163 Å². The summed E-state index contributed by atoms with van der Waals surface area (Å²) in [5.41, 5.74) is 2.79. The van der Waals surface area contributed by atoms with E-state index < -0.39 is 5.97 Å². The molecule has 3 rings (SSSR count). The molecule has 1 fully saturated rings. The molecule has 3 heteroatoms. The zero-order valence-electron chi connectivity index (χ0n) is 16.1. The van der Waals surface area contributed by atoms with Gasteiger partial charge in [0.2, 0.25) is 0 Å². The lowest BCUT2D eigenvalue weighted by Gasteiger charge is -2.30. The average molecular weight is 366 g/mol. The molecular formula is C24H31NO2. The molecule has 0 amide bonds. The van der Waals surface area contributed by atoms with Crippen molar-refractivity contribution in [3.05, 3.63) is 71.8 Å². The number of benzene rings is 2. The molecule has 27 heavy (non-hydrogen) atoms. The van der Waals surface area contributed by atoms with Gasteiger partial charge in [-0.15, -0.1) is 0 Å². The second kappa shape index (κ2) is 10.3. The molecule has 0 bridgehead atoms. The zero-order chi connectivity index (χ0) is 18.9. The van der Waals surface area contributed by atoms with Crippen LogP contribution < -0.4 is 0 Å². The van der Waals surface area contributed by atoms with Gasteiger partial charge in [0.1, 0.15) is 0 Å². The first kappa shape index (κ1) is 19.6. The molecule has 144 valence electrons. The van der Waals surface area contributed by atoms with Gasteiger partial charge in [-0.05, 0) is 49.9 Å². The van der Waals surface area contributed by atoms with Crippen LogP contribution in [0.4, 0.5) is 0 Å². The van der Waals surface area contributed by atoms with E-state index in [2.05, 4.69) is 65.6 Å². The molecule has 0 unspecified atom stereocenters. The fourth-order valence-electron chi connectivity index (χ4n) is 4.22. The molecule has 0 saturated carbocycles. The monoisotopic (exact) mass is 365 g/mol. The van der Waals surface area contributed by atoms with Crippen molar-refractivity contribution < 1.29 is 9.90 Å². The van der Waals surface area contributed by atoms with Crippen LogP contribution in [0.1, 0.15) is 55.6 Å². The Kier molecular flexibility index (Phi) is 7.46. The fourth-order valence-corrected chi connectivity index (χ4v) is 4.22. The Balaban J connectivity index is 1.46. The molecule has 0 radical (unpaired) electrons. The number of rotatable bonds is 9. The first-order chi connectivity index (χ1) is 13.2. The van der Waals surface area contributed by atoms with E-state index in [0.717, 1.165) is 45.3 Å². The summed E-state index contributed by atoms with van der Waals surface area (Å²) in [6.07, 6.45) is 6.56. The van der Waals surface area contributed by atoms with Crippen molar-refractivity contribution in [1.82, 2.24) is 4.90 Å². The first-order valence-electron chi connectivity index (χ1n) is 10.3. The molecule has 1 aliphatic rings. The van der Waals surface area contributed by atoms with Crippen molar-refractivity contribution in [2.24, 2.45) is 5.92 Å². The van der Waals surface area contributed by atoms with Crippen molar-refractivity contribution in [2.75, 3.05) is 19.6 Å². The molecule has 1 atom stereocenters. The predicted octanol–water partition coefficient (Wildman–Crippen LogP) is 5.18. The Hall–Kier alpha value is -2.13. The first-order valence-corrected chi connectivity index (χ1v) is 10.3. The van der Waals surface area contributed by atoms with E-state index in [-0.39, 0.29) is 5.92 Å². The third kappa shape index (κ3) is 5.93. The topological polar surface area (TPSA) is 40.5 Å². The minimum atomic E-state index is -0.631. The zero-order valence-corrected chi connectivity index (χ0v) is 16.1. The number of likely N-dealkylation sites (tertiary alicyclic amines) is 1. The highest BCUT2D eigenvalue weighted by molar-refractivity contribution is 5.70. The molecule has 1 N–H and O–H groups in total. The average Bonchev–Trinajstić information content (AvgIpc) is 2.72. The fraction of sp³-hybridized carbons (Fsp3) is 0.458. The Morgan fingerprint density at radius 2 is 1.59 bits per heavy atom. The van der Waals surface area contributed by atoms with Crippen LogP contribution in [0, 0.1) is 5.92 Å². The number of nitrogens with zero attached hydrogens (tertiary/aromatic N) is 1. The summed E-state index contributed by atoms with van der Waals surface area (Å²) >= 11 is 0. The molecule has 1 aliphatic heterocycles. The van der Waals surface area contributed by atoms with E-state index in [1.807, 2.05) is 0 Å². The molecule has 2 aromatic rings. The van der Waals surface area contributed by atoms with Crippen LogP contribution in [0.3, 0.4) is 0 Å². The van der Waals surface area contributed by atoms with E-state index in [1.54, 1.807) is 0 Å². The highest BCUT2D eigenvalue weighted by Gasteiger charge is 2.24. The maximum atomic E-state index is 11.2. The highest BCUT2D eigenvalue weighted by Crippen LogP contribution is 2.29. The largest absolute Gasteiger partial charge is 0.481 e. The van der Waals surface area contributed by atoms with Gasteiger partial charge in [-0.1, -0.05) is 73.5 Å². The SMILES string of the molecule is O=C(O)[C@@H]1CCCN(CCCCCC(c2ccccc2)c2ccccc2)C1. The molecule has 3 nitrogen and oxygen atoms in total. The lowest BCUT2D eigenvalue weighted by Crippen LogP contribution is -2.39. The smallest absolute Gasteiger partial charge is 0.307 e. The third-order valence-electron chi connectivity index (χ3n) is 5.73. The number of hydrogen-bond acceptors (Lipinski definition) is 2. The van der Waals surface area contributed by atoms with Gasteiger partial charge in [-0.2, -0.15) is 0 Å². The molecular weight excluding hydrogens is 334 g/mol. The highest BCUT2D eigenvalue weighted by atomic mass is 16.4. The standard InChI is InChI=1S/C24H31NO2/c26-24(27)22-15-10-18-25(19-22)17-9-3-8-16-23(20-11-4-1-5-12-20)21-13-6-2-7-14-21/h1-2,4-7,11-14,22-23H,3,8-10,15-19H2,(H,26,27)/t22-/m1/s1. The van der Waals surface area contributed by atoms with E-state index >= 15 is 0 Å².